The Bertz CT molecular complexity index is 1260. The molecule has 1 aliphatic heterocycles. The summed E-state index contributed by atoms with van der Waals surface area (Å²) in [5.41, 5.74) is 2.96. The summed E-state index contributed by atoms with van der Waals surface area (Å²) < 4.78 is 5.57. The predicted octanol–water partition coefficient (Wildman–Crippen LogP) is 3.86. The van der Waals surface area contributed by atoms with Crippen LogP contribution in [0.1, 0.15) is 24.3 Å². The summed E-state index contributed by atoms with van der Waals surface area (Å²) in [5, 5.41) is 12.5. The second-order valence-electron chi connectivity index (χ2n) is 7.71. The third kappa shape index (κ3) is 3.06. The SMILES string of the molecule is COc1cc2[nH]ncc2cc1Nc1ncnc2sc3c(c12)CCN(C(=O)C(C)C)C3. The van der Waals surface area contributed by atoms with Gasteiger partial charge in [0, 0.05) is 28.8 Å². The molecule has 0 aliphatic carbocycles. The van der Waals surface area contributed by atoms with Gasteiger partial charge in [-0.25, -0.2) is 9.97 Å². The highest BCUT2D eigenvalue weighted by Gasteiger charge is 2.27. The molecule has 8 nitrogen and oxygen atoms in total. The van der Waals surface area contributed by atoms with Gasteiger partial charge in [-0.05, 0) is 18.1 Å². The van der Waals surface area contributed by atoms with Crippen molar-refractivity contribution in [3.05, 3.63) is 35.1 Å². The lowest BCUT2D eigenvalue weighted by Crippen LogP contribution is -2.37. The first-order valence-electron chi connectivity index (χ1n) is 9.87. The Balaban J connectivity index is 1.55. The van der Waals surface area contributed by atoms with Crippen molar-refractivity contribution in [1.29, 1.82) is 0 Å². The molecule has 0 fully saturated rings. The van der Waals surface area contributed by atoms with Crippen LogP contribution in [0.4, 0.5) is 11.5 Å². The lowest BCUT2D eigenvalue weighted by molar-refractivity contribution is -0.135. The monoisotopic (exact) mass is 422 g/mol. The third-order valence-corrected chi connectivity index (χ3v) is 6.58. The number of carbonyl (C=O) groups is 1. The molecular formula is C21H22N6O2S. The number of H-pyrrole nitrogens is 1. The first-order valence-corrected chi connectivity index (χ1v) is 10.7. The van der Waals surface area contributed by atoms with Gasteiger partial charge in [-0.15, -0.1) is 11.3 Å². The Morgan fingerprint density at radius 1 is 1.33 bits per heavy atom. The van der Waals surface area contributed by atoms with E-state index in [9.17, 15) is 4.79 Å². The van der Waals surface area contributed by atoms with Gasteiger partial charge in [-0.3, -0.25) is 9.89 Å². The number of nitrogens with one attached hydrogen (secondary N) is 2. The number of aromatic nitrogens is 4. The van der Waals surface area contributed by atoms with Crippen LogP contribution in [0.2, 0.25) is 0 Å². The van der Waals surface area contributed by atoms with Gasteiger partial charge in [0.15, 0.2) is 0 Å². The maximum atomic E-state index is 12.5. The maximum absolute atomic E-state index is 12.5. The molecular weight excluding hydrogens is 400 g/mol. The fourth-order valence-electron chi connectivity index (χ4n) is 3.94. The molecule has 5 rings (SSSR count). The number of aromatic amines is 1. The van der Waals surface area contributed by atoms with Crippen LogP contribution >= 0.6 is 11.3 Å². The molecule has 0 saturated heterocycles. The van der Waals surface area contributed by atoms with Gasteiger partial charge in [0.1, 0.15) is 22.7 Å². The highest BCUT2D eigenvalue weighted by Crippen LogP contribution is 2.39. The number of fused-ring (bicyclic) bond motifs is 4. The summed E-state index contributed by atoms with van der Waals surface area (Å²) in [4.78, 5) is 25.5. The molecule has 2 N–H and O–H groups in total. The summed E-state index contributed by atoms with van der Waals surface area (Å²) in [6.07, 6.45) is 4.16. The number of carbonyl (C=O) groups excluding carboxylic acids is 1. The van der Waals surface area contributed by atoms with Gasteiger partial charge in [-0.1, -0.05) is 13.8 Å². The average molecular weight is 423 g/mol. The Hall–Kier alpha value is -3.20. The van der Waals surface area contributed by atoms with Crippen LogP contribution in [0.3, 0.4) is 0 Å². The molecule has 3 aromatic heterocycles. The first-order chi connectivity index (χ1) is 14.5. The molecule has 1 amide bonds. The molecule has 1 aromatic carbocycles. The molecule has 9 heteroatoms. The summed E-state index contributed by atoms with van der Waals surface area (Å²) in [6.45, 7) is 5.24. The van der Waals surface area contributed by atoms with E-state index in [1.54, 1.807) is 31.0 Å². The number of amides is 1. The van der Waals surface area contributed by atoms with E-state index in [4.69, 9.17) is 4.74 Å². The van der Waals surface area contributed by atoms with Crippen molar-refractivity contribution in [3.63, 3.8) is 0 Å². The second-order valence-corrected chi connectivity index (χ2v) is 8.79. The van der Waals surface area contributed by atoms with Crippen molar-refractivity contribution in [2.45, 2.75) is 26.8 Å². The number of benzene rings is 1. The van der Waals surface area contributed by atoms with Gasteiger partial charge < -0.3 is 15.0 Å². The van der Waals surface area contributed by atoms with Crippen molar-refractivity contribution in [3.8, 4) is 5.75 Å². The summed E-state index contributed by atoms with van der Waals surface area (Å²) in [6, 6.07) is 3.91. The maximum Gasteiger partial charge on any atom is 0.225 e. The van der Waals surface area contributed by atoms with Crippen LogP contribution in [0.15, 0.2) is 24.7 Å². The Morgan fingerprint density at radius 2 is 2.20 bits per heavy atom. The van der Waals surface area contributed by atoms with Gasteiger partial charge in [0.25, 0.3) is 0 Å². The summed E-state index contributed by atoms with van der Waals surface area (Å²) in [5.74, 6) is 1.66. The molecule has 0 atom stereocenters. The molecule has 0 bridgehead atoms. The molecule has 30 heavy (non-hydrogen) atoms. The van der Waals surface area contributed by atoms with Gasteiger partial charge in [0.05, 0.1) is 36.4 Å². The third-order valence-electron chi connectivity index (χ3n) is 5.46. The molecule has 1 aliphatic rings. The van der Waals surface area contributed by atoms with E-state index < -0.39 is 0 Å². The van der Waals surface area contributed by atoms with Gasteiger partial charge in [0.2, 0.25) is 5.91 Å². The zero-order chi connectivity index (χ0) is 20.8. The number of ether oxygens (including phenoxy) is 1. The Kier molecular flexibility index (Phi) is 4.54. The molecule has 4 heterocycles. The molecule has 0 spiro atoms. The standard InChI is InChI=1S/C21H22N6O2S/c1-11(2)21(28)27-5-4-13-17(9-27)30-20-18(13)19(22-10-23-20)25-15-6-12-8-24-26-14(12)7-16(15)29-3/h6-8,10-11H,4-5,9H2,1-3H3,(H,24,26)(H,22,23,25). The smallest absolute Gasteiger partial charge is 0.225 e. The molecule has 154 valence electrons. The van der Waals surface area contributed by atoms with E-state index in [2.05, 4.69) is 25.5 Å². The van der Waals surface area contributed by atoms with E-state index >= 15 is 0 Å². The fourth-order valence-corrected chi connectivity index (χ4v) is 5.14. The average Bonchev–Trinajstić information content (AvgIpc) is 3.35. The van der Waals surface area contributed by atoms with Crippen molar-refractivity contribution < 1.29 is 9.53 Å². The van der Waals surface area contributed by atoms with E-state index in [0.717, 1.165) is 39.0 Å². The topological polar surface area (TPSA) is 96.0 Å². The van der Waals surface area contributed by atoms with E-state index in [1.165, 1.54) is 10.4 Å². The quantitative estimate of drug-likeness (QED) is 0.518. The largest absolute Gasteiger partial charge is 0.494 e. The number of rotatable bonds is 4. The fraction of sp³-hybridized carbons (Fsp3) is 0.333. The lowest BCUT2D eigenvalue weighted by Gasteiger charge is -2.28. The Labute approximate surface area is 177 Å². The van der Waals surface area contributed by atoms with Crippen molar-refractivity contribution in [2.24, 2.45) is 5.92 Å². The number of hydrogen-bond acceptors (Lipinski definition) is 7. The van der Waals surface area contributed by atoms with Gasteiger partial charge in [-0.2, -0.15) is 5.10 Å². The van der Waals surface area contributed by atoms with E-state index in [0.29, 0.717) is 18.8 Å². The minimum atomic E-state index is 0.00301. The van der Waals surface area contributed by atoms with Crippen molar-refractivity contribution in [2.75, 3.05) is 19.0 Å². The van der Waals surface area contributed by atoms with Gasteiger partial charge >= 0.3 is 0 Å². The molecule has 0 saturated carbocycles. The lowest BCUT2D eigenvalue weighted by atomic mass is 10.0. The number of anilines is 2. The number of thiophene rings is 1. The highest BCUT2D eigenvalue weighted by molar-refractivity contribution is 7.19. The van der Waals surface area contributed by atoms with E-state index in [1.807, 2.05) is 30.9 Å². The minimum Gasteiger partial charge on any atom is -0.494 e. The number of nitrogens with zero attached hydrogens (tertiary/aromatic N) is 4. The predicted molar refractivity (Wildman–Crippen MR) is 117 cm³/mol. The zero-order valence-electron chi connectivity index (χ0n) is 17.0. The Morgan fingerprint density at radius 3 is 3.00 bits per heavy atom. The minimum absolute atomic E-state index is 0.00301. The zero-order valence-corrected chi connectivity index (χ0v) is 17.8. The van der Waals surface area contributed by atoms with Crippen LogP contribution < -0.4 is 10.1 Å². The number of methoxy groups -OCH3 is 1. The summed E-state index contributed by atoms with van der Waals surface area (Å²) in [7, 11) is 1.64. The van der Waals surface area contributed by atoms with Crippen LogP contribution in [0.5, 0.6) is 5.75 Å². The first kappa shape index (κ1) is 18.8. The van der Waals surface area contributed by atoms with Crippen LogP contribution in [0, 0.1) is 5.92 Å². The van der Waals surface area contributed by atoms with Crippen molar-refractivity contribution >= 4 is 49.9 Å². The van der Waals surface area contributed by atoms with E-state index in [-0.39, 0.29) is 11.8 Å². The van der Waals surface area contributed by atoms with Crippen LogP contribution in [0.25, 0.3) is 21.1 Å². The van der Waals surface area contributed by atoms with Crippen LogP contribution in [-0.2, 0) is 17.8 Å². The van der Waals surface area contributed by atoms with Crippen molar-refractivity contribution in [1.82, 2.24) is 25.1 Å². The highest BCUT2D eigenvalue weighted by atomic mass is 32.1. The summed E-state index contributed by atoms with van der Waals surface area (Å²) >= 11 is 1.64. The normalized spacial score (nSPS) is 13.8. The molecule has 0 radical (unpaired) electrons. The molecule has 4 aromatic rings. The van der Waals surface area contributed by atoms with Crippen LogP contribution in [-0.4, -0.2) is 44.6 Å². The molecule has 0 unspecified atom stereocenters. The number of hydrogen-bond donors (Lipinski definition) is 2. The second kappa shape index (κ2) is 7.24.